The number of carbonyl (C=O) groups is 3. The summed E-state index contributed by atoms with van der Waals surface area (Å²) in [6.45, 7) is 11.5. The van der Waals surface area contributed by atoms with E-state index < -0.39 is 6.10 Å². The average molecular weight is 892 g/mol. The first-order chi connectivity index (χ1) is 30.8. The Kier molecular flexibility index (Phi) is 48.6. The molecule has 0 saturated heterocycles. The number of carbonyl (C=O) groups excluding carboxylic acids is 3. The quantitative estimate of drug-likeness (QED) is 0.0344. The van der Waals surface area contributed by atoms with Crippen molar-refractivity contribution in [1.82, 2.24) is 0 Å². The highest BCUT2D eigenvalue weighted by Crippen LogP contribution is 2.19. The zero-order valence-corrected chi connectivity index (χ0v) is 43.2. The molecule has 374 valence electrons. The Labute approximate surface area is 393 Å². The van der Waals surface area contributed by atoms with Crippen molar-refractivity contribution in [3.63, 3.8) is 0 Å². The van der Waals surface area contributed by atoms with E-state index in [0.29, 0.717) is 19.3 Å². The summed E-state index contributed by atoms with van der Waals surface area (Å²) < 4.78 is 16.9. The summed E-state index contributed by atoms with van der Waals surface area (Å²) in [4.78, 5) is 38.1. The van der Waals surface area contributed by atoms with Crippen LogP contribution >= 0.6 is 0 Å². The van der Waals surface area contributed by atoms with Crippen LogP contribution in [0.25, 0.3) is 0 Å². The van der Waals surface area contributed by atoms with Gasteiger partial charge in [0, 0.05) is 19.3 Å². The maximum Gasteiger partial charge on any atom is 0.306 e. The first kappa shape index (κ1) is 61.4. The van der Waals surface area contributed by atoms with Crippen LogP contribution in [0.3, 0.4) is 0 Å². The molecule has 0 aliphatic heterocycles. The van der Waals surface area contributed by atoms with E-state index in [1.54, 1.807) is 0 Å². The monoisotopic (exact) mass is 891 g/mol. The lowest BCUT2D eigenvalue weighted by Gasteiger charge is -2.18. The third-order valence-electron chi connectivity index (χ3n) is 13.7. The van der Waals surface area contributed by atoms with Crippen molar-refractivity contribution in [1.29, 1.82) is 0 Å². The van der Waals surface area contributed by atoms with Gasteiger partial charge in [-0.3, -0.25) is 14.4 Å². The van der Waals surface area contributed by atoms with Crippen LogP contribution in [0.4, 0.5) is 0 Å². The van der Waals surface area contributed by atoms with Gasteiger partial charge in [0.05, 0.1) is 0 Å². The second-order valence-corrected chi connectivity index (χ2v) is 20.1. The number of hydrogen-bond donors (Lipinski definition) is 0. The second-order valence-electron chi connectivity index (χ2n) is 20.1. The normalized spacial score (nSPS) is 12.9. The molecule has 0 saturated carbocycles. The molecule has 0 rings (SSSR count). The summed E-state index contributed by atoms with van der Waals surface area (Å²) in [5, 5.41) is 0. The van der Waals surface area contributed by atoms with Gasteiger partial charge in [-0.15, -0.1) is 0 Å². The Morgan fingerprint density at radius 3 is 0.825 bits per heavy atom. The molecule has 6 heteroatoms. The predicted molar refractivity (Wildman–Crippen MR) is 270 cm³/mol. The molecule has 0 radical (unpaired) electrons. The van der Waals surface area contributed by atoms with Gasteiger partial charge in [0.15, 0.2) is 6.10 Å². The molecule has 0 aromatic heterocycles. The molecule has 3 atom stereocenters. The fourth-order valence-corrected chi connectivity index (χ4v) is 8.63. The molecular formula is C57H110O6. The largest absolute Gasteiger partial charge is 0.462 e. The minimum atomic E-state index is -0.762. The van der Waals surface area contributed by atoms with Gasteiger partial charge in [0.1, 0.15) is 13.2 Å². The van der Waals surface area contributed by atoms with Crippen LogP contribution < -0.4 is 0 Å². The Hall–Kier alpha value is -1.59. The third-order valence-corrected chi connectivity index (χ3v) is 13.7. The van der Waals surface area contributed by atoms with Crippen LogP contribution in [0, 0.1) is 11.8 Å². The summed E-state index contributed by atoms with van der Waals surface area (Å²) in [6, 6.07) is 0. The molecule has 63 heavy (non-hydrogen) atoms. The summed E-state index contributed by atoms with van der Waals surface area (Å²) in [7, 11) is 0. The molecule has 0 aliphatic rings. The van der Waals surface area contributed by atoms with Gasteiger partial charge >= 0.3 is 17.9 Å². The summed E-state index contributed by atoms with van der Waals surface area (Å²) in [5.74, 6) is 0.924. The van der Waals surface area contributed by atoms with Crippen molar-refractivity contribution in [3.05, 3.63) is 0 Å². The fraction of sp³-hybridized carbons (Fsp3) is 0.947. The molecule has 0 aromatic carbocycles. The zero-order valence-electron chi connectivity index (χ0n) is 43.2. The summed E-state index contributed by atoms with van der Waals surface area (Å²) in [6.07, 6.45) is 52.2. The maximum absolute atomic E-state index is 12.8. The van der Waals surface area contributed by atoms with E-state index in [4.69, 9.17) is 14.2 Å². The average Bonchev–Trinajstić information content (AvgIpc) is 3.28. The molecule has 0 spiro atoms. The van der Waals surface area contributed by atoms with Crippen molar-refractivity contribution >= 4 is 17.9 Å². The SMILES string of the molecule is CCCCCCCCCCCCCCCC(=O)O[C@H](COC(=O)CCCCCCCCCCCCCCCCC(C)CC)COC(=O)CCCCCCCCCCCCC(C)CC. The van der Waals surface area contributed by atoms with Crippen molar-refractivity contribution in [2.45, 2.75) is 323 Å². The number of ether oxygens (including phenoxy) is 3. The number of unbranched alkanes of at least 4 members (excludes halogenated alkanes) is 34. The standard InChI is InChI=1S/C57H110O6/c1-6-9-10-11-12-13-14-17-22-29-34-39-44-49-57(60)63-54(51-62-56(59)48-43-38-33-28-24-23-26-31-36-41-46-53(5)8-3)50-61-55(58)47-42-37-32-27-21-19-16-15-18-20-25-30-35-40-45-52(4)7-2/h52-54H,6-51H2,1-5H3/t52?,53?,54-/m1/s1. The smallest absolute Gasteiger partial charge is 0.306 e. The van der Waals surface area contributed by atoms with Crippen LogP contribution in [-0.2, 0) is 28.6 Å². The van der Waals surface area contributed by atoms with Gasteiger partial charge in [-0.1, -0.05) is 279 Å². The van der Waals surface area contributed by atoms with Crippen molar-refractivity contribution in [2.24, 2.45) is 11.8 Å². The van der Waals surface area contributed by atoms with Crippen LogP contribution in [0.1, 0.15) is 317 Å². The van der Waals surface area contributed by atoms with Crippen LogP contribution in [-0.4, -0.2) is 37.2 Å². The van der Waals surface area contributed by atoms with Gasteiger partial charge in [0.25, 0.3) is 0 Å². The van der Waals surface area contributed by atoms with E-state index in [-0.39, 0.29) is 31.1 Å². The number of hydrogen-bond acceptors (Lipinski definition) is 6. The lowest BCUT2D eigenvalue weighted by molar-refractivity contribution is -0.167. The van der Waals surface area contributed by atoms with Gasteiger partial charge < -0.3 is 14.2 Å². The Morgan fingerprint density at radius 2 is 0.556 bits per heavy atom. The lowest BCUT2D eigenvalue weighted by atomic mass is 9.99. The molecule has 6 nitrogen and oxygen atoms in total. The van der Waals surface area contributed by atoms with Crippen LogP contribution in [0.5, 0.6) is 0 Å². The topological polar surface area (TPSA) is 78.9 Å². The molecule has 0 aliphatic carbocycles. The Bertz CT molecular complexity index is 966. The first-order valence-electron chi connectivity index (χ1n) is 28.3. The van der Waals surface area contributed by atoms with E-state index in [2.05, 4.69) is 34.6 Å². The predicted octanol–water partition coefficient (Wildman–Crippen LogP) is 18.5. The Morgan fingerprint density at radius 1 is 0.317 bits per heavy atom. The second kappa shape index (κ2) is 49.8. The maximum atomic E-state index is 12.8. The lowest BCUT2D eigenvalue weighted by Crippen LogP contribution is -2.30. The minimum absolute atomic E-state index is 0.0629. The highest BCUT2D eigenvalue weighted by Gasteiger charge is 2.19. The van der Waals surface area contributed by atoms with E-state index in [9.17, 15) is 14.4 Å². The molecule has 2 unspecified atom stereocenters. The Balaban J connectivity index is 4.29. The highest BCUT2D eigenvalue weighted by molar-refractivity contribution is 5.71. The highest BCUT2D eigenvalue weighted by atomic mass is 16.6. The van der Waals surface area contributed by atoms with Crippen molar-refractivity contribution in [2.75, 3.05) is 13.2 Å². The van der Waals surface area contributed by atoms with Gasteiger partial charge in [0.2, 0.25) is 0 Å². The van der Waals surface area contributed by atoms with E-state index in [1.807, 2.05) is 0 Å². The number of esters is 3. The van der Waals surface area contributed by atoms with E-state index in [1.165, 1.54) is 205 Å². The van der Waals surface area contributed by atoms with Gasteiger partial charge in [-0.05, 0) is 31.1 Å². The third kappa shape index (κ3) is 48.2. The molecule has 0 amide bonds. The molecule has 0 bridgehead atoms. The molecule has 0 N–H and O–H groups in total. The molecular weight excluding hydrogens is 781 g/mol. The first-order valence-corrected chi connectivity index (χ1v) is 28.3. The van der Waals surface area contributed by atoms with Gasteiger partial charge in [-0.2, -0.15) is 0 Å². The van der Waals surface area contributed by atoms with Gasteiger partial charge in [-0.25, -0.2) is 0 Å². The van der Waals surface area contributed by atoms with Crippen molar-refractivity contribution in [3.8, 4) is 0 Å². The summed E-state index contributed by atoms with van der Waals surface area (Å²) in [5.41, 5.74) is 0. The molecule has 0 aromatic rings. The van der Waals surface area contributed by atoms with E-state index in [0.717, 1.165) is 69.6 Å². The van der Waals surface area contributed by atoms with Crippen molar-refractivity contribution < 1.29 is 28.6 Å². The zero-order chi connectivity index (χ0) is 46.1. The van der Waals surface area contributed by atoms with Crippen LogP contribution in [0.15, 0.2) is 0 Å². The molecule has 0 heterocycles. The fourth-order valence-electron chi connectivity index (χ4n) is 8.63. The number of rotatable bonds is 51. The van der Waals surface area contributed by atoms with Crippen LogP contribution in [0.2, 0.25) is 0 Å². The minimum Gasteiger partial charge on any atom is -0.462 e. The summed E-state index contributed by atoms with van der Waals surface area (Å²) >= 11 is 0. The molecule has 0 fully saturated rings. The van der Waals surface area contributed by atoms with E-state index >= 15 is 0 Å².